The van der Waals surface area contributed by atoms with Crippen molar-refractivity contribution in [1.82, 2.24) is 19.8 Å². The number of carbonyl (C=O) groups is 2. The minimum atomic E-state index is -0.790. The number of carbonyl (C=O) groups excluding carboxylic acids is 2. The molecular formula is C20H18F2N4O2S. The highest BCUT2D eigenvalue weighted by Crippen LogP contribution is 2.39. The van der Waals surface area contributed by atoms with Gasteiger partial charge in [0.1, 0.15) is 22.0 Å². The molecule has 1 saturated heterocycles. The highest BCUT2D eigenvalue weighted by atomic mass is 32.1. The monoisotopic (exact) mass is 416 g/mol. The number of likely N-dealkylation sites (tertiary alicyclic amines) is 1. The van der Waals surface area contributed by atoms with Gasteiger partial charge in [0.2, 0.25) is 0 Å². The van der Waals surface area contributed by atoms with E-state index in [1.165, 1.54) is 16.2 Å². The lowest BCUT2D eigenvalue weighted by Crippen LogP contribution is -2.29. The fraction of sp³-hybridized carbons (Fsp3) is 0.300. The molecule has 0 spiro atoms. The van der Waals surface area contributed by atoms with Crippen molar-refractivity contribution in [2.24, 2.45) is 0 Å². The Morgan fingerprint density at radius 1 is 1.14 bits per heavy atom. The van der Waals surface area contributed by atoms with Crippen LogP contribution in [0.3, 0.4) is 0 Å². The Labute approximate surface area is 169 Å². The highest BCUT2D eigenvalue weighted by molar-refractivity contribution is 7.20. The molecule has 29 heavy (non-hydrogen) atoms. The van der Waals surface area contributed by atoms with Gasteiger partial charge in [-0.15, -0.1) is 11.3 Å². The fourth-order valence-electron chi connectivity index (χ4n) is 3.62. The number of hydrogen-bond donors (Lipinski definition) is 0. The second kappa shape index (κ2) is 7.47. The highest BCUT2D eigenvalue weighted by Gasteiger charge is 2.34. The van der Waals surface area contributed by atoms with Crippen LogP contribution in [0.1, 0.15) is 37.9 Å². The number of aromatic nitrogens is 2. The van der Waals surface area contributed by atoms with E-state index in [-0.39, 0.29) is 17.4 Å². The molecule has 1 aliphatic rings. The lowest BCUT2D eigenvalue weighted by molar-refractivity contribution is 0.0789. The predicted octanol–water partition coefficient (Wildman–Crippen LogP) is 3.30. The molecule has 0 saturated carbocycles. The van der Waals surface area contributed by atoms with E-state index < -0.39 is 17.5 Å². The fourth-order valence-corrected chi connectivity index (χ4v) is 4.83. The van der Waals surface area contributed by atoms with E-state index in [2.05, 4.69) is 9.97 Å². The maximum absolute atomic E-state index is 13.5. The number of thiophene rings is 1. The summed E-state index contributed by atoms with van der Waals surface area (Å²) in [4.78, 5) is 38.5. The molecule has 0 bridgehead atoms. The molecule has 1 aliphatic heterocycles. The second-order valence-electron chi connectivity index (χ2n) is 7.15. The average molecular weight is 416 g/mol. The number of nitrogens with zero attached hydrogens (tertiary/aromatic N) is 4. The van der Waals surface area contributed by atoms with Gasteiger partial charge in [0.15, 0.2) is 0 Å². The molecule has 6 nitrogen and oxygen atoms in total. The van der Waals surface area contributed by atoms with Crippen LogP contribution in [0.15, 0.2) is 30.6 Å². The summed E-state index contributed by atoms with van der Waals surface area (Å²) >= 11 is 1.29. The first-order chi connectivity index (χ1) is 13.8. The zero-order valence-electron chi connectivity index (χ0n) is 15.9. The third-order valence-electron chi connectivity index (χ3n) is 4.96. The minimum Gasteiger partial charge on any atom is -0.344 e. The van der Waals surface area contributed by atoms with Gasteiger partial charge in [-0.2, -0.15) is 0 Å². The Balaban J connectivity index is 1.67. The van der Waals surface area contributed by atoms with E-state index in [0.29, 0.717) is 34.7 Å². The Hall–Kier alpha value is -2.94. The van der Waals surface area contributed by atoms with Crippen LogP contribution in [0.2, 0.25) is 0 Å². The molecule has 1 atom stereocenters. The van der Waals surface area contributed by atoms with Crippen LogP contribution in [0, 0.1) is 11.6 Å². The van der Waals surface area contributed by atoms with Crippen LogP contribution in [0.4, 0.5) is 8.78 Å². The van der Waals surface area contributed by atoms with Crippen molar-refractivity contribution in [3.63, 3.8) is 0 Å². The summed E-state index contributed by atoms with van der Waals surface area (Å²) in [5.41, 5.74) is 1.43. The summed E-state index contributed by atoms with van der Waals surface area (Å²) in [6, 6.07) is 2.80. The van der Waals surface area contributed by atoms with E-state index in [1.807, 2.05) is 0 Å². The van der Waals surface area contributed by atoms with E-state index in [1.54, 1.807) is 31.4 Å². The van der Waals surface area contributed by atoms with Crippen molar-refractivity contribution in [2.75, 3.05) is 27.2 Å². The largest absolute Gasteiger partial charge is 0.344 e. The van der Waals surface area contributed by atoms with Gasteiger partial charge < -0.3 is 9.80 Å². The molecule has 1 aromatic carbocycles. The summed E-state index contributed by atoms with van der Waals surface area (Å²) < 4.78 is 27.0. The van der Waals surface area contributed by atoms with Gasteiger partial charge in [-0.3, -0.25) is 14.6 Å². The molecule has 0 aliphatic carbocycles. The van der Waals surface area contributed by atoms with E-state index in [0.717, 1.165) is 23.8 Å². The van der Waals surface area contributed by atoms with Crippen LogP contribution in [0.5, 0.6) is 0 Å². The molecule has 150 valence electrons. The van der Waals surface area contributed by atoms with Crippen molar-refractivity contribution in [2.45, 2.75) is 12.3 Å². The first kappa shape index (κ1) is 19.4. The molecule has 0 N–H and O–H groups in total. The zero-order valence-corrected chi connectivity index (χ0v) is 16.7. The molecule has 2 aromatic heterocycles. The van der Waals surface area contributed by atoms with Crippen LogP contribution in [-0.2, 0) is 0 Å². The third-order valence-corrected chi connectivity index (χ3v) is 6.05. The average Bonchev–Trinajstić information content (AvgIpc) is 3.30. The van der Waals surface area contributed by atoms with Crippen molar-refractivity contribution in [3.05, 3.63) is 58.2 Å². The number of halogens is 2. The van der Waals surface area contributed by atoms with E-state index >= 15 is 0 Å². The van der Waals surface area contributed by atoms with Gasteiger partial charge in [-0.1, -0.05) is 0 Å². The maximum Gasteiger partial charge on any atom is 0.263 e. The van der Waals surface area contributed by atoms with Crippen molar-refractivity contribution in [1.29, 1.82) is 0 Å². The van der Waals surface area contributed by atoms with Crippen molar-refractivity contribution >= 4 is 33.5 Å². The van der Waals surface area contributed by atoms with Crippen LogP contribution >= 0.6 is 11.3 Å². The molecule has 3 heterocycles. The number of fused-ring (bicyclic) bond motifs is 1. The lowest BCUT2D eigenvalue weighted by Gasteiger charge is -2.18. The first-order valence-corrected chi connectivity index (χ1v) is 9.87. The summed E-state index contributed by atoms with van der Waals surface area (Å²) in [6.45, 7) is 0.766. The summed E-state index contributed by atoms with van der Waals surface area (Å²) in [7, 11) is 3.36. The Kier molecular flexibility index (Phi) is 4.99. The maximum atomic E-state index is 13.5. The Bertz CT molecular complexity index is 1090. The normalized spacial score (nSPS) is 16.4. The topological polar surface area (TPSA) is 66.4 Å². The molecule has 4 rings (SSSR count). The zero-order chi connectivity index (χ0) is 20.7. The van der Waals surface area contributed by atoms with E-state index in [9.17, 15) is 18.4 Å². The van der Waals surface area contributed by atoms with Gasteiger partial charge in [0.05, 0.1) is 4.88 Å². The summed E-state index contributed by atoms with van der Waals surface area (Å²) in [5, 5.41) is 0. The quantitative estimate of drug-likeness (QED) is 0.657. The smallest absolute Gasteiger partial charge is 0.263 e. The minimum absolute atomic E-state index is 0.0253. The molecule has 1 fully saturated rings. The number of amides is 2. The van der Waals surface area contributed by atoms with Gasteiger partial charge in [0, 0.05) is 62.7 Å². The standard InChI is InChI=1S/C20H18F2N4O2S/c1-25(2)20(28)17-15(16-18(29-17)24-5-4-23-16)11-3-6-26(10-11)19(27)12-7-13(21)9-14(22)8-12/h4-5,7-9,11H,3,6,10H2,1-2H3. The third kappa shape index (κ3) is 3.57. The Morgan fingerprint density at radius 3 is 2.52 bits per heavy atom. The number of benzene rings is 1. The first-order valence-electron chi connectivity index (χ1n) is 9.05. The van der Waals surface area contributed by atoms with E-state index in [4.69, 9.17) is 0 Å². The van der Waals surface area contributed by atoms with Gasteiger partial charge in [-0.25, -0.2) is 13.8 Å². The van der Waals surface area contributed by atoms with Crippen molar-refractivity contribution in [3.8, 4) is 0 Å². The lowest BCUT2D eigenvalue weighted by atomic mass is 9.97. The Morgan fingerprint density at radius 2 is 1.83 bits per heavy atom. The summed E-state index contributed by atoms with van der Waals surface area (Å²) in [5.74, 6) is -2.26. The molecule has 2 amide bonds. The molecule has 1 unspecified atom stereocenters. The number of rotatable bonds is 3. The second-order valence-corrected chi connectivity index (χ2v) is 8.15. The molecular weight excluding hydrogens is 398 g/mol. The van der Waals surface area contributed by atoms with Gasteiger partial charge >= 0.3 is 0 Å². The van der Waals surface area contributed by atoms with Crippen LogP contribution in [0.25, 0.3) is 10.3 Å². The van der Waals surface area contributed by atoms with Gasteiger partial charge in [-0.05, 0) is 18.6 Å². The van der Waals surface area contributed by atoms with Crippen LogP contribution in [-0.4, -0.2) is 58.8 Å². The SMILES string of the molecule is CN(C)C(=O)c1sc2nccnc2c1C1CCN(C(=O)c2cc(F)cc(F)c2)C1. The summed E-state index contributed by atoms with van der Waals surface area (Å²) in [6.07, 6.45) is 3.78. The number of hydrogen-bond acceptors (Lipinski definition) is 5. The molecule has 0 radical (unpaired) electrons. The van der Waals surface area contributed by atoms with Crippen LogP contribution < -0.4 is 0 Å². The van der Waals surface area contributed by atoms with Crippen molar-refractivity contribution < 1.29 is 18.4 Å². The predicted molar refractivity (Wildman–Crippen MR) is 105 cm³/mol. The molecule has 9 heteroatoms. The van der Waals surface area contributed by atoms with Gasteiger partial charge in [0.25, 0.3) is 11.8 Å². The molecule has 3 aromatic rings.